The Hall–Kier alpha value is -5.80. The van der Waals surface area contributed by atoms with E-state index in [4.69, 9.17) is 9.97 Å². The number of aryl methyl sites for hydroxylation is 1. The van der Waals surface area contributed by atoms with E-state index in [1.54, 1.807) is 0 Å². The predicted octanol–water partition coefficient (Wildman–Crippen LogP) is 10.7. The highest BCUT2D eigenvalue weighted by molar-refractivity contribution is 6.24. The molecule has 0 fully saturated rings. The van der Waals surface area contributed by atoms with Crippen LogP contribution in [0.25, 0.3) is 93.1 Å². The molecule has 0 amide bonds. The quantitative estimate of drug-likeness (QED) is 0.197. The molecular formula is C41H25N3. The van der Waals surface area contributed by atoms with Gasteiger partial charge in [-0.3, -0.25) is 4.98 Å². The van der Waals surface area contributed by atoms with Gasteiger partial charge in [0.25, 0.3) is 0 Å². The SMILES string of the molecule is Cc1ccc2c(c1)c1cccc3c4cc(-c5cccc(-c6cnc7c8ccccc8c8ccccc8c7n6)c5)ccc4n2c13. The zero-order valence-corrected chi connectivity index (χ0v) is 24.0. The van der Waals surface area contributed by atoms with Crippen LogP contribution in [0.1, 0.15) is 5.56 Å². The number of hydrogen-bond donors (Lipinski definition) is 0. The van der Waals surface area contributed by atoms with Gasteiger partial charge < -0.3 is 4.40 Å². The minimum absolute atomic E-state index is 0.878. The molecule has 0 unspecified atom stereocenters. The molecule has 0 bridgehead atoms. The molecule has 0 radical (unpaired) electrons. The molecule has 3 nitrogen and oxygen atoms in total. The number of hydrogen-bond acceptors (Lipinski definition) is 2. The molecule has 0 aliphatic heterocycles. The fourth-order valence-corrected chi connectivity index (χ4v) is 7.40. The van der Waals surface area contributed by atoms with Gasteiger partial charge in [0.2, 0.25) is 0 Å². The van der Waals surface area contributed by atoms with Crippen molar-refractivity contribution in [3.05, 3.63) is 139 Å². The number of para-hydroxylation sites is 1. The molecule has 0 saturated heterocycles. The summed E-state index contributed by atoms with van der Waals surface area (Å²) >= 11 is 0. The van der Waals surface area contributed by atoms with Crippen molar-refractivity contribution < 1.29 is 0 Å². The Kier molecular flexibility index (Phi) is 4.65. The van der Waals surface area contributed by atoms with Crippen molar-refractivity contribution in [3.63, 3.8) is 0 Å². The van der Waals surface area contributed by atoms with Gasteiger partial charge in [0, 0.05) is 37.9 Å². The number of fused-ring (bicyclic) bond motifs is 12. The van der Waals surface area contributed by atoms with Crippen LogP contribution >= 0.6 is 0 Å². The second kappa shape index (κ2) is 8.62. The molecule has 3 heterocycles. The van der Waals surface area contributed by atoms with Gasteiger partial charge in [-0.25, -0.2) is 4.98 Å². The van der Waals surface area contributed by atoms with E-state index in [0.29, 0.717) is 0 Å². The maximum Gasteiger partial charge on any atom is 0.0979 e. The Labute approximate surface area is 253 Å². The Balaban J connectivity index is 1.15. The van der Waals surface area contributed by atoms with E-state index in [9.17, 15) is 0 Å². The summed E-state index contributed by atoms with van der Waals surface area (Å²) in [7, 11) is 0. The molecule has 44 heavy (non-hydrogen) atoms. The van der Waals surface area contributed by atoms with Crippen molar-refractivity contribution in [1.82, 2.24) is 14.4 Å². The van der Waals surface area contributed by atoms with Crippen LogP contribution in [0, 0.1) is 6.92 Å². The zero-order valence-electron chi connectivity index (χ0n) is 24.0. The van der Waals surface area contributed by atoms with Gasteiger partial charge in [-0.1, -0.05) is 103 Å². The van der Waals surface area contributed by atoms with E-state index >= 15 is 0 Å². The first-order valence-corrected chi connectivity index (χ1v) is 15.1. The summed E-state index contributed by atoms with van der Waals surface area (Å²) in [5, 5.41) is 9.89. The van der Waals surface area contributed by atoms with Crippen LogP contribution < -0.4 is 0 Å². The lowest BCUT2D eigenvalue weighted by atomic mass is 9.98. The largest absolute Gasteiger partial charge is 0.308 e. The van der Waals surface area contributed by atoms with Crippen molar-refractivity contribution in [2.75, 3.05) is 0 Å². The van der Waals surface area contributed by atoms with E-state index < -0.39 is 0 Å². The number of nitrogens with zero attached hydrogens (tertiary/aromatic N) is 3. The Morgan fingerprint density at radius 2 is 1.05 bits per heavy atom. The average Bonchev–Trinajstić information content (AvgIpc) is 3.59. The lowest BCUT2D eigenvalue weighted by molar-refractivity contribution is 1.31. The first-order valence-electron chi connectivity index (χ1n) is 15.1. The number of rotatable bonds is 2. The standard InChI is InChI=1S/C41H25N3/c1-24-16-18-37-34(20-24)32-14-7-15-33-35-22-26(17-19-38(35)44(37)41(32)33)25-8-6-9-27(21-25)36-23-42-39-30-12-4-2-10-28(30)29-11-3-5-13-31(29)40(39)43-36/h2-23H,1H3. The minimum atomic E-state index is 0.878. The van der Waals surface area contributed by atoms with Crippen LogP contribution in [0.3, 0.4) is 0 Å². The minimum Gasteiger partial charge on any atom is -0.308 e. The van der Waals surface area contributed by atoms with E-state index in [0.717, 1.165) is 33.1 Å². The second-order valence-electron chi connectivity index (χ2n) is 11.9. The highest BCUT2D eigenvalue weighted by atomic mass is 14.9. The third kappa shape index (κ3) is 3.16. The molecule has 10 aromatic rings. The Morgan fingerprint density at radius 1 is 0.455 bits per heavy atom. The normalized spacial score (nSPS) is 12.2. The Bertz CT molecular complexity index is 2750. The summed E-state index contributed by atoms with van der Waals surface area (Å²) in [6.45, 7) is 2.17. The van der Waals surface area contributed by atoms with Crippen molar-refractivity contribution in [2.24, 2.45) is 0 Å². The molecule has 0 N–H and O–H groups in total. The number of benzene rings is 7. The highest BCUT2D eigenvalue weighted by Gasteiger charge is 2.18. The molecule has 0 saturated carbocycles. The van der Waals surface area contributed by atoms with Crippen LogP contribution in [-0.4, -0.2) is 14.4 Å². The summed E-state index contributed by atoms with van der Waals surface area (Å²) < 4.78 is 2.44. The molecule has 0 aliphatic carbocycles. The summed E-state index contributed by atoms with van der Waals surface area (Å²) in [6.07, 6.45) is 1.92. The van der Waals surface area contributed by atoms with Gasteiger partial charge in [0.1, 0.15) is 0 Å². The molecule has 3 heteroatoms. The average molecular weight is 560 g/mol. The van der Waals surface area contributed by atoms with Crippen molar-refractivity contribution in [1.29, 1.82) is 0 Å². The van der Waals surface area contributed by atoms with E-state index in [1.807, 2.05) is 6.20 Å². The maximum atomic E-state index is 5.23. The molecule has 0 atom stereocenters. The fourth-order valence-electron chi connectivity index (χ4n) is 7.40. The fraction of sp³-hybridized carbons (Fsp3) is 0.0244. The van der Waals surface area contributed by atoms with Crippen molar-refractivity contribution in [2.45, 2.75) is 6.92 Å². The lowest BCUT2D eigenvalue weighted by Crippen LogP contribution is -1.92. The van der Waals surface area contributed by atoms with Gasteiger partial charge in [-0.2, -0.15) is 0 Å². The summed E-state index contributed by atoms with van der Waals surface area (Å²) in [6, 6.07) is 46.1. The topological polar surface area (TPSA) is 30.2 Å². The number of aromatic nitrogens is 3. The smallest absolute Gasteiger partial charge is 0.0979 e. The molecule has 0 aliphatic rings. The van der Waals surface area contributed by atoms with E-state index in [2.05, 4.69) is 139 Å². The van der Waals surface area contributed by atoms with E-state index in [1.165, 1.54) is 65.6 Å². The molecule has 3 aromatic heterocycles. The molecule has 204 valence electrons. The maximum absolute atomic E-state index is 5.23. The Morgan fingerprint density at radius 3 is 1.82 bits per heavy atom. The predicted molar refractivity (Wildman–Crippen MR) is 185 cm³/mol. The van der Waals surface area contributed by atoms with Crippen LogP contribution in [0.15, 0.2) is 134 Å². The van der Waals surface area contributed by atoms with Gasteiger partial charge in [0.05, 0.1) is 39.5 Å². The first-order chi connectivity index (χ1) is 21.7. The van der Waals surface area contributed by atoms with Crippen LogP contribution in [0.4, 0.5) is 0 Å². The summed E-state index contributed by atoms with van der Waals surface area (Å²) in [5.41, 5.74) is 11.3. The first kappa shape index (κ1) is 23.7. The molecule has 7 aromatic carbocycles. The monoisotopic (exact) mass is 559 g/mol. The summed E-state index contributed by atoms with van der Waals surface area (Å²) in [5.74, 6) is 0. The molecular weight excluding hydrogens is 534 g/mol. The van der Waals surface area contributed by atoms with E-state index in [-0.39, 0.29) is 0 Å². The second-order valence-corrected chi connectivity index (χ2v) is 11.9. The summed E-state index contributed by atoms with van der Waals surface area (Å²) in [4.78, 5) is 10.2. The van der Waals surface area contributed by atoms with Gasteiger partial charge in [-0.15, -0.1) is 0 Å². The third-order valence-electron chi connectivity index (χ3n) is 9.39. The van der Waals surface area contributed by atoms with Crippen LogP contribution in [-0.2, 0) is 0 Å². The third-order valence-corrected chi connectivity index (χ3v) is 9.39. The van der Waals surface area contributed by atoms with Gasteiger partial charge >= 0.3 is 0 Å². The molecule has 0 spiro atoms. The van der Waals surface area contributed by atoms with Crippen LogP contribution in [0.5, 0.6) is 0 Å². The van der Waals surface area contributed by atoms with Crippen molar-refractivity contribution in [3.8, 4) is 22.4 Å². The van der Waals surface area contributed by atoms with Gasteiger partial charge in [-0.05, 0) is 59.2 Å². The van der Waals surface area contributed by atoms with Crippen molar-refractivity contribution >= 4 is 70.7 Å². The van der Waals surface area contributed by atoms with Gasteiger partial charge in [0.15, 0.2) is 0 Å². The highest BCUT2D eigenvalue weighted by Crippen LogP contribution is 2.41. The lowest BCUT2D eigenvalue weighted by Gasteiger charge is -2.11. The zero-order chi connectivity index (χ0) is 28.9. The van der Waals surface area contributed by atoms with Crippen LogP contribution in [0.2, 0.25) is 0 Å². The molecule has 10 rings (SSSR count).